The number of rotatable bonds is 16. The first kappa shape index (κ1) is 70.1. The van der Waals surface area contributed by atoms with Gasteiger partial charge in [-0.2, -0.15) is 15.8 Å². The minimum absolute atomic E-state index is 0.0425. The minimum Gasteiger partial charge on any atom is -0.477 e. The Labute approximate surface area is 591 Å². The number of pyridine rings is 3. The molecule has 0 unspecified atom stereocenters. The summed E-state index contributed by atoms with van der Waals surface area (Å²) in [4.78, 5) is 87.2. The fourth-order valence-electron chi connectivity index (χ4n) is 13.5. The molecule has 3 amide bonds. The van der Waals surface area contributed by atoms with Crippen LogP contribution in [0.25, 0.3) is 32.7 Å². The van der Waals surface area contributed by atoms with Crippen molar-refractivity contribution in [1.29, 1.82) is 15.8 Å². The van der Waals surface area contributed by atoms with E-state index in [0.29, 0.717) is 114 Å². The Balaban J connectivity index is 0.000000149. The van der Waals surface area contributed by atoms with Crippen LogP contribution in [0.3, 0.4) is 0 Å². The molecule has 1 aliphatic carbocycles. The highest BCUT2D eigenvalue weighted by Gasteiger charge is 2.32. The van der Waals surface area contributed by atoms with Crippen molar-refractivity contribution in [3.8, 4) is 24.1 Å². The number of fused-ring (bicyclic) bond motifs is 3. The summed E-state index contributed by atoms with van der Waals surface area (Å²) < 4.78 is 23.8. The maximum absolute atomic E-state index is 13.4. The fourth-order valence-corrected chi connectivity index (χ4v) is 15.3. The van der Waals surface area contributed by atoms with Crippen molar-refractivity contribution in [3.63, 3.8) is 0 Å². The first-order valence-electron chi connectivity index (χ1n) is 33.1. The van der Waals surface area contributed by atoms with E-state index >= 15 is 0 Å². The van der Waals surface area contributed by atoms with Gasteiger partial charge >= 0.3 is 0 Å². The smallest absolute Gasteiger partial charge is 0.271 e. The van der Waals surface area contributed by atoms with Crippen molar-refractivity contribution in [1.82, 2.24) is 38.6 Å². The largest absolute Gasteiger partial charge is 0.477 e. The minimum atomic E-state index is -0.366. The van der Waals surface area contributed by atoms with Crippen LogP contribution < -0.4 is 30.6 Å². The van der Waals surface area contributed by atoms with E-state index in [2.05, 4.69) is 76.3 Å². The number of nitrogens with zero attached hydrogens (tertiary/aromatic N) is 14. The molecule has 20 nitrogen and oxygen atoms in total. The number of piperazine rings is 3. The number of carbonyl (C=O) groups is 3. The number of nitriles is 3. The van der Waals surface area contributed by atoms with Gasteiger partial charge in [-0.05, 0) is 160 Å². The molecule has 24 heteroatoms. The number of hydrogen-bond donors (Lipinski definition) is 0. The van der Waals surface area contributed by atoms with Crippen molar-refractivity contribution in [2.24, 2.45) is 0 Å². The van der Waals surface area contributed by atoms with Crippen LogP contribution in [-0.2, 0) is 6.54 Å². The Bertz CT molecular complexity index is 4590. The number of halogens is 2. The molecule has 506 valence electrons. The number of amides is 3. The summed E-state index contributed by atoms with van der Waals surface area (Å²) in [5.74, 6) is -0.0447. The summed E-state index contributed by atoms with van der Waals surface area (Å²) in [6.45, 7) is 9.51. The molecule has 4 aromatic carbocycles. The molecular weight excluding hydrogens is 1390 g/mol. The van der Waals surface area contributed by atoms with E-state index in [-0.39, 0.29) is 51.8 Å². The Morgan fingerprint density at radius 1 is 0.571 bits per heavy atom. The number of thiophene rings is 2. The predicted octanol–water partition coefficient (Wildman–Crippen LogP) is 11.0. The van der Waals surface area contributed by atoms with Gasteiger partial charge < -0.3 is 53.1 Å². The normalized spacial score (nSPS) is 15.0. The maximum atomic E-state index is 13.4. The number of para-hydroxylation sites is 2. The van der Waals surface area contributed by atoms with E-state index in [1.54, 1.807) is 9.47 Å². The second-order valence-electron chi connectivity index (χ2n) is 25.2. The maximum Gasteiger partial charge on any atom is 0.271 e. The van der Waals surface area contributed by atoms with Crippen LogP contribution in [-0.4, -0.2) is 183 Å². The van der Waals surface area contributed by atoms with E-state index < -0.39 is 0 Å². The lowest BCUT2D eigenvalue weighted by Gasteiger charge is -2.37. The summed E-state index contributed by atoms with van der Waals surface area (Å²) in [7, 11) is 8.03. The number of ether oxygens (including phenoxy) is 1. The quantitative estimate of drug-likeness (QED) is 0.0650. The lowest BCUT2D eigenvalue weighted by Crippen LogP contribution is -2.49. The van der Waals surface area contributed by atoms with Crippen LogP contribution in [0.4, 0.5) is 21.5 Å². The topological polar surface area (TPSA) is 215 Å². The molecular formula is C74H78FIN14O6S2. The SMILES string of the molecule is CN(C)CCCOc1nc2ccccc2c(N2CCN(C(=O)c3ccc(F)cc3)CC2)c1C#N.CN(C)CCCn1c(=O)c(C#N)c(N2CCN(C(=O)c3cccs3)CC2)c2cc(I)ccc21.N#Cc1c(N2CCN(C(=O)c3cccs3)CC2)c2ccccc2n(C2CCCC2)c1=O. The van der Waals surface area contributed by atoms with E-state index in [9.17, 15) is 44.1 Å². The third-order valence-electron chi connectivity index (χ3n) is 18.3. The van der Waals surface area contributed by atoms with E-state index in [1.165, 1.54) is 46.9 Å². The predicted molar refractivity (Wildman–Crippen MR) is 394 cm³/mol. The number of aryl methyl sites for hydroxylation is 1. The molecule has 0 spiro atoms. The van der Waals surface area contributed by atoms with Gasteiger partial charge in [-0.3, -0.25) is 24.0 Å². The first-order chi connectivity index (χ1) is 47.6. The number of benzene rings is 4. The average molecular weight is 1470 g/mol. The number of anilines is 3. The van der Waals surface area contributed by atoms with Crippen LogP contribution in [0, 0.1) is 43.4 Å². The highest BCUT2D eigenvalue weighted by molar-refractivity contribution is 14.1. The third-order valence-corrected chi connectivity index (χ3v) is 20.7. The van der Waals surface area contributed by atoms with E-state index in [0.717, 1.165) is 109 Å². The van der Waals surface area contributed by atoms with Crippen LogP contribution in [0.1, 0.15) is 91.0 Å². The highest BCUT2D eigenvalue weighted by atomic mass is 127. The third kappa shape index (κ3) is 15.7. The van der Waals surface area contributed by atoms with Gasteiger partial charge in [-0.25, -0.2) is 9.37 Å². The summed E-state index contributed by atoms with van der Waals surface area (Å²) in [5.41, 5.74) is 5.62. The van der Waals surface area contributed by atoms with Gasteiger partial charge in [0.2, 0.25) is 5.88 Å². The zero-order chi connectivity index (χ0) is 69.0. The first-order valence-corrected chi connectivity index (χ1v) is 35.9. The molecule has 1 saturated carbocycles. The molecule has 5 aromatic heterocycles. The van der Waals surface area contributed by atoms with Gasteiger partial charge in [-0.1, -0.05) is 61.4 Å². The van der Waals surface area contributed by atoms with Crippen LogP contribution in [0.5, 0.6) is 5.88 Å². The second kappa shape index (κ2) is 32.4. The Kier molecular flexibility index (Phi) is 23.2. The molecule has 3 aliphatic heterocycles. The Morgan fingerprint density at radius 3 is 1.61 bits per heavy atom. The van der Waals surface area contributed by atoms with Crippen LogP contribution in [0.2, 0.25) is 0 Å². The van der Waals surface area contributed by atoms with Crippen LogP contribution >= 0.6 is 45.3 Å². The molecule has 8 heterocycles. The number of carbonyl (C=O) groups excluding carboxylic acids is 3. The standard InChI is InChI=1S/C26H28FN5O2.C24H26IN5O2S.C24H24N4O2S/c1-30(2)12-5-17-34-25-22(18-28)24(21-6-3-4-7-23(21)29-25)31-13-15-32(16-14-31)26(33)19-8-10-20(27)11-9-19;1-27(2)8-4-9-30-20-7-6-17(25)15-18(20)22(19(16-26)23(30)31)28-10-12-29(13-11-28)24(32)21-5-3-14-33-21;25-16-19-22(26-11-13-27(14-12-26)24(30)21-10-5-15-31-21)18-8-3-4-9-20(18)28(23(19)29)17-6-1-2-7-17/h3-4,6-11H,5,12-17H2,1-2H3;3,5-7,14-15H,4,8-13H2,1-2H3;3-5,8-10,15,17H,1-2,6-7,11-14H2. The van der Waals surface area contributed by atoms with Crippen molar-refractivity contribution in [3.05, 3.63) is 188 Å². The molecule has 4 aliphatic rings. The van der Waals surface area contributed by atoms with Gasteiger partial charge in [0.1, 0.15) is 40.7 Å². The number of hydrogen-bond acceptors (Lipinski definition) is 17. The lowest BCUT2D eigenvalue weighted by molar-refractivity contribution is 0.0740. The average Bonchev–Trinajstić information content (AvgIpc) is 1.19. The second-order valence-corrected chi connectivity index (χ2v) is 28.3. The molecule has 98 heavy (non-hydrogen) atoms. The monoisotopic (exact) mass is 1470 g/mol. The zero-order valence-electron chi connectivity index (χ0n) is 55.5. The van der Waals surface area contributed by atoms with Gasteiger partial charge in [0.15, 0.2) is 0 Å². The van der Waals surface area contributed by atoms with Gasteiger partial charge in [0.25, 0.3) is 28.8 Å². The Hall–Kier alpha value is -9.23. The molecule has 0 bridgehead atoms. The van der Waals surface area contributed by atoms with E-state index in [1.807, 2.05) is 138 Å². The van der Waals surface area contributed by atoms with Crippen molar-refractivity contribution >= 4 is 113 Å². The molecule has 4 fully saturated rings. The molecule has 9 aromatic rings. The summed E-state index contributed by atoms with van der Waals surface area (Å²) in [6.07, 6.45) is 5.85. The van der Waals surface area contributed by atoms with Gasteiger partial charge in [0.05, 0.1) is 50.0 Å². The molecule has 0 atom stereocenters. The van der Waals surface area contributed by atoms with E-state index in [4.69, 9.17) is 4.74 Å². The number of aromatic nitrogens is 3. The van der Waals surface area contributed by atoms with Crippen LogP contribution in [0.15, 0.2) is 136 Å². The lowest BCUT2D eigenvalue weighted by atomic mass is 10.0. The molecule has 13 rings (SSSR count). The summed E-state index contributed by atoms with van der Waals surface area (Å²) in [5, 5.41) is 36.6. The highest BCUT2D eigenvalue weighted by Crippen LogP contribution is 2.38. The molecule has 0 N–H and O–H groups in total. The van der Waals surface area contributed by atoms with Crippen molar-refractivity contribution < 1.29 is 23.5 Å². The van der Waals surface area contributed by atoms with Crippen molar-refractivity contribution in [2.45, 2.75) is 51.1 Å². The molecule has 3 saturated heterocycles. The fraction of sp³-hybridized carbons (Fsp3) is 0.365. The zero-order valence-corrected chi connectivity index (χ0v) is 59.3. The van der Waals surface area contributed by atoms with Gasteiger partial charge in [0, 0.05) is 123 Å². The van der Waals surface area contributed by atoms with Gasteiger partial charge in [-0.15, -0.1) is 22.7 Å². The molecule has 0 radical (unpaired) electrons. The summed E-state index contributed by atoms with van der Waals surface area (Å²) in [6, 6.07) is 41.7. The summed E-state index contributed by atoms with van der Waals surface area (Å²) >= 11 is 5.17. The Morgan fingerprint density at radius 2 is 1.07 bits per heavy atom. The van der Waals surface area contributed by atoms with Crippen molar-refractivity contribution in [2.75, 3.05) is 141 Å².